The summed E-state index contributed by atoms with van der Waals surface area (Å²) < 4.78 is 37.1. The molecule has 2 rings (SSSR count). The number of nitrogens with one attached hydrogen (secondary N) is 1. The van der Waals surface area contributed by atoms with E-state index in [2.05, 4.69) is 10.3 Å². The third-order valence-electron chi connectivity index (χ3n) is 2.41. The molecule has 0 saturated heterocycles. The van der Waals surface area contributed by atoms with Crippen LogP contribution in [0.25, 0.3) is 0 Å². The zero-order valence-corrected chi connectivity index (χ0v) is 10.5. The fourth-order valence-corrected chi connectivity index (χ4v) is 2.11. The van der Waals surface area contributed by atoms with Gasteiger partial charge in [0.1, 0.15) is 11.6 Å². The third kappa shape index (κ3) is 3.68. The lowest BCUT2D eigenvalue weighted by Crippen LogP contribution is -2.05. The van der Waals surface area contributed by atoms with Gasteiger partial charge in [0.15, 0.2) is 0 Å². The minimum Gasteiger partial charge on any atom is -0.379 e. The number of thiazole rings is 1. The van der Waals surface area contributed by atoms with Crippen LogP contribution in [0.1, 0.15) is 16.3 Å². The van der Waals surface area contributed by atoms with Crippen LogP contribution in [0.2, 0.25) is 0 Å². The van der Waals surface area contributed by atoms with Crippen LogP contribution in [0.15, 0.2) is 29.6 Å². The molecule has 1 aromatic heterocycles. The van der Waals surface area contributed by atoms with Gasteiger partial charge >= 0.3 is 6.18 Å². The van der Waals surface area contributed by atoms with Gasteiger partial charge in [0.2, 0.25) is 0 Å². The number of rotatable bonds is 4. The summed E-state index contributed by atoms with van der Waals surface area (Å²) in [7, 11) is 0. The van der Waals surface area contributed by atoms with Crippen LogP contribution in [-0.2, 0) is 24.4 Å². The van der Waals surface area contributed by atoms with E-state index in [1.165, 1.54) is 23.5 Å². The normalized spacial score (nSPS) is 11.6. The van der Waals surface area contributed by atoms with Crippen molar-refractivity contribution in [2.24, 2.45) is 0 Å². The van der Waals surface area contributed by atoms with E-state index in [9.17, 15) is 18.3 Å². The first-order valence-corrected chi connectivity index (χ1v) is 6.29. The van der Waals surface area contributed by atoms with E-state index in [0.29, 0.717) is 22.9 Å². The molecule has 1 radical (unpaired) electrons. The highest BCUT2D eigenvalue weighted by molar-refractivity contribution is 7.09. The molecule has 0 aliphatic carbocycles. The third-order valence-corrected chi connectivity index (χ3v) is 3.28. The lowest BCUT2D eigenvalue weighted by atomic mass is 10.2. The number of hydrogen-bond acceptors (Lipinski definition) is 3. The van der Waals surface area contributed by atoms with Crippen molar-refractivity contribution in [3.05, 3.63) is 45.9 Å². The number of halogens is 3. The van der Waals surface area contributed by atoms with Crippen LogP contribution >= 0.6 is 11.3 Å². The molecule has 0 aliphatic rings. The van der Waals surface area contributed by atoms with E-state index in [0.717, 1.165) is 12.1 Å². The number of aromatic nitrogens is 1. The summed E-state index contributed by atoms with van der Waals surface area (Å²) in [6.45, 7) is 0.0206. The Kier molecular flexibility index (Phi) is 4.06. The van der Waals surface area contributed by atoms with Gasteiger partial charge in [-0.05, 0) is 24.3 Å². The SMILES string of the molecule is [O]Cc1nc(CNc2ccc(C(F)(F)F)cc2)cs1. The van der Waals surface area contributed by atoms with E-state index >= 15 is 0 Å². The fourth-order valence-electron chi connectivity index (χ4n) is 1.47. The Hall–Kier alpha value is -1.60. The Morgan fingerprint density at radius 2 is 1.89 bits per heavy atom. The largest absolute Gasteiger partial charge is 0.416 e. The van der Waals surface area contributed by atoms with Gasteiger partial charge in [-0.15, -0.1) is 11.3 Å². The topological polar surface area (TPSA) is 44.8 Å². The summed E-state index contributed by atoms with van der Waals surface area (Å²) in [5.74, 6) is 0. The van der Waals surface area contributed by atoms with Crippen LogP contribution < -0.4 is 5.32 Å². The summed E-state index contributed by atoms with van der Waals surface area (Å²) in [5.41, 5.74) is 0.598. The summed E-state index contributed by atoms with van der Waals surface area (Å²) in [5, 5.41) is 15.8. The second-order valence-electron chi connectivity index (χ2n) is 3.81. The van der Waals surface area contributed by atoms with Gasteiger partial charge in [0.25, 0.3) is 0 Å². The van der Waals surface area contributed by atoms with Gasteiger partial charge in [-0.25, -0.2) is 10.1 Å². The summed E-state index contributed by atoms with van der Waals surface area (Å²) in [6.07, 6.45) is -4.32. The highest BCUT2D eigenvalue weighted by Gasteiger charge is 2.29. The second-order valence-corrected chi connectivity index (χ2v) is 4.75. The second kappa shape index (κ2) is 5.58. The maximum Gasteiger partial charge on any atom is 0.416 e. The van der Waals surface area contributed by atoms with Crippen LogP contribution in [0.4, 0.5) is 18.9 Å². The Balaban J connectivity index is 1.96. The highest BCUT2D eigenvalue weighted by atomic mass is 32.1. The minimum absolute atomic E-state index is 0.356. The van der Waals surface area contributed by atoms with E-state index in [1.807, 2.05) is 0 Å². The first kappa shape index (κ1) is 13.8. The monoisotopic (exact) mass is 287 g/mol. The van der Waals surface area contributed by atoms with Gasteiger partial charge in [-0.3, -0.25) is 0 Å². The number of nitrogens with zero attached hydrogens (tertiary/aromatic N) is 1. The molecule has 0 fully saturated rings. The van der Waals surface area contributed by atoms with Crippen molar-refractivity contribution in [2.45, 2.75) is 19.3 Å². The zero-order chi connectivity index (χ0) is 13.9. The van der Waals surface area contributed by atoms with Gasteiger partial charge in [0, 0.05) is 11.1 Å². The van der Waals surface area contributed by atoms with E-state index < -0.39 is 11.7 Å². The van der Waals surface area contributed by atoms with Crippen molar-refractivity contribution in [2.75, 3.05) is 5.32 Å². The van der Waals surface area contributed by atoms with E-state index in [-0.39, 0.29) is 6.61 Å². The minimum atomic E-state index is -4.32. The van der Waals surface area contributed by atoms with Crippen molar-refractivity contribution < 1.29 is 18.3 Å². The quantitative estimate of drug-likeness (QED) is 0.931. The van der Waals surface area contributed by atoms with Gasteiger partial charge < -0.3 is 5.32 Å². The average molecular weight is 287 g/mol. The number of anilines is 1. The Bertz CT molecular complexity index is 537. The van der Waals surface area contributed by atoms with Gasteiger partial charge in [-0.1, -0.05) is 0 Å². The van der Waals surface area contributed by atoms with Crippen LogP contribution in [0.3, 0.4) is 0 Å². The smallest absolute Gasteiger partial charge is 0.379 e. The van der Waals surface area contributed by atoms with Crippen molar-refractivity contribution in [1.82, 2.24) is 4.98 Å². The molecular weight excluding hydrogens is 277 g/mol. The molecule has 0 amide bonds. The van der Waals surface area contributed by atoms with Gasteiger partial charge in [-0.2, -0.15) is 13.2 Å². The van der Waals surface area contributed by atoms with Crippen molar-refractivity contribution in [3.8, 4) is 0 Å². The number of hydrogen-bond donors (Lipinski definition) is 1. The maximum atomic E-state index is 12.4. The molecule has 3 nitrogen and oxygen atoms in total. The van der Waals surface area contributed by atoms with Crippen LogP contribution in [0.5, 0.6) is 0 Å². The molecule has 19 heavy (non-hydrogen) atoms. The predicted octanol–water partition coefficient (Wildman–Crippen LogP) is 3.70. The fraction of sp³-hybridized carbons (Fsp3) is 0.250. The molecule has 101 valence electrons. The maximum absolute atomic E-state index is 12.4. The Morgan fingerprint density at radius 3 is 2.42 bits per heavy atom. The predicted molar refractivity (Wildman–Crippen MR) is 65.3 cm³/mol. The van der Waals surface area contributed by atoms with Crippen molar-refractivity contribution in [3.63, 3.8) is 0 Å². The van der Waals surface area contributed by atoms with Crippen LogP contribution in [0, 0.1) is 0 Å². The lowest BCUT2D eigenvalue weighted by molar-refractivity contribution is -0.137. The highest BCUT2D eigenvalue weighted by Crippen LogP contribution is 2.29. The number of benzene rings is 1. The molecule has 0 unspecified atom stereocenters. The molecule has 0 spiro atoms. The van der Waals surface area contributed by atoms with E-state index in [4.69, 9.17) is 0 Å². The lowest BCUT2D eigenvalue weighted by Gasteiger charge is -2.08. The molecule has 1 N–H and O–H groups in total. The standard InChI is InChI=1S/C12H10F3N2OS/c13-12(14,15)8-1-3-9(4-2-8)16-5-10-7-19-11(6-18)17-10/h1-4,7,16H,5-6H2. The summed E-state index contributed by atoms with van der Waals surface area (Å²) in [4.78, 5) is 4.06. The number of alkyl halides is 3. The molecule has 1 heterocycles. The molecular formula is C12H10F3N2OS. The van der Waals surface area contributed by atoms with Crippen LogP contribution in [-0.4, -0.2) is 4.98 Å². The average Bonchev–Trinajstić information content (AvgIpc) is 2.84. The molecule has 0 aliphatic heterocycles. The molecule has 0 saturated carbocycles. The molecule has 2 aromatic rings. The summed E-state index contributed by atoms with van der Waals surface area (Å²) in [6, 6.07) is 4.77. The van der Waals surface area contributed by atoms with Gasteiger partial charge in [0.05, 0.1) is 17.8 Å². The summed E-state index contributed by atoms with van der Waals surface area (Å²) >= 11 is 1.28. The Morgan fingerprint density at radius 1 is 1.21 bits per heavy atom. The zero-order valence-electron chi connectivity index (χ0n) is 9.70. The van der Waals surface area contributed by atoms with Crippen molar-refractivity contribution in [1.29, 1.82) is 0 Å². The molecule has 1 aromatic carbocycles. The Labute approximate surface area is 111 Å². The van der Waals surface area contributed by atoms with Crippen molar-refractivity contribution >= 4 is 17.0 Å². The first-order chi connectivity index (χ1) is 8.99. The molecule has 0 bridgehead atoms. The molecule has 0 atom stereocenters. The van der Waals surface area contributed by atoms with E-state index in [1.54, 1.807) is 5.38 Å². The molecule has 7 heteroatoms. The first-order valence-electron chi connectivity index (χ1n) is 5.41.